The number of hydrogen-bond donors (Lipinski definition) is 1. The Morgan fingerprint density at radius 1 is 1.44 bits per heavy atom. The predicted octanol–water partition coefficient (Wildman–Crippen LogP) is 0.854. The van der Waals surface area contributed by atoms with E-state index in [1.807, 2.05) is 0 Å². The van der Waals surface area contributed by atoms with Crippen LogP contribution in [0.3, 0.4) is 0 Å². The molecule has 16 heavy (non-hydrogen) atoms. The highest BCUT2D eigenvalue weighted by Crippen LogP contribution is 2.07. The quantitative estimate of drug-likeness (QED) is 0.746. The number of hydrogen-bond acceptors (Lipinski definition) is 3. The maximum absolute atomic E-state index is 12.2. The molecule has 0 saturated heterocycles. The molecule has 1 amide bonds. The van der Waals surface area contributed by atoms with Gasteiger partial charge in [0.15, 0.2) is 0 Å². The molecule has 0 atom stereocenters. The smallest absolute Gasteiger partial charge is 0.255 e. The summed E-state index contributed by atoms with van der Waals surface area (Å²) in [6, 6.07) is 0. The standard InChI is InChI=1S/C10H20F2N2O2/c1-10(2,3)16-7-9(15)14(5-4-13)6-8(11)12/h8H,4-7,13H2,1-3H3. The van der Waals surface area contributed by atoms with Crippen LogP contribution in [0.2, 0.25) is 0 Å². The highest BCUT2D eigenvalue weighted by Gasteiger charge is 2.20. The monoisotopic (exact) mass is 238 g/mol. The molecule has 0 bridgehead atoms. The third-order valence-corrected chi connectivity index (χ3v) is 1.74. The first kappa shape index (κ1) is 15.2. The van der Waals surface area contributed by atoms with Gasteiger partial charge in [-0.3, -0.25) is 4.79 Å². The van der Waals surface area contributed by atoms with E-state index in [4.69, 9.17) is 10.5 Å². The van der Waals surface area contributed by atoms with Gasteiger partial charge in [-0.25, -0.2) is 8.78 Å². The van der Waals surface area contributed by atoms with E-state index in [0.29, 0.717) is 0 Å². The highest BCUT2D eigenvalue weighted by molar-refractivity contribution is 5.77. The number of alkyl halides is 2. The Bertz CT molecular complexity index is 217. The molecule has 0 aromatic carbocycles. The lowest BCUT2D eigenvalue weighted by Crippen LogP contribution is -2.41. The van der Waals surface area contributed by atoms with Crippen molar-refractivity contribution in [3.63, 3.8) is 0 Å². The zero-order valence-corrected chi connectivity index (χ0v) is 10.0. The molecule has 6 heteroatoms. The minimum absolute atomic E-state index is 0.122. The minimum Gasteiger partial charge on any atom is -0.366 e. The summed E-state index contributed by atoms with van der Waals surface area (Å²) in [5.74, 6) is -0.458. The van der Waals surface area contributed by atoms with Crippen molar-refractivity contribution in [1.29, 1.82) is 0 Å². The largest absolute Gasteiger partial charge is 0.366 e. The fraction of sp³-hybridized carbons (Fsp3) is 0.900. The molecule has 2 N–H and O–H groups in total. The first-order valence-electron chi connectivity index (χ1n) is 5.16. The molecular weight excluding hydrogens is 218 g/mol. The van der Waals surface area contributed by atoms with E-state index in [2.05, 4.69) is 0 Å². The van der Waals surface area contributed by atoms with Crippen LogP contribution in [0.1, 0.15) is 20.8 Å². The van der Waals surface area contributed by atoms with Gasteiger partial charge in [0.1, 0.15) is 6.61 Å². The first-order valence-corrected chi connectivity index (χ1v) is 5.16. The lowest BCUT2D eigenvalue weighted by Gasteiger charge is -2.24. The Morgan fingerprint density at radius 2 is 2.00 bits per heavy atom. The molecule has 0 radical (unpaired) electrons. The fourth-order valence-corrected chi connectivity index (χ4v) is 1.01. The van der Waals surface area contributed by atoms with Crippen molar-refractivity contribution in [3.05, 3.63) is 0 Å². The second kappa shape index (κ2) is 6.75. The molecular formula is C10H20F2N2O2. The van der Waals surface area contributed by atoms with Crippen molar-refractivity contribution in [2.75, 3.05) is 26.2 Å². The van der Waals surface area contributed by atoms with E-state index in [0.717, 1.165) is 4.90 Å². The number of halogens is 2. The maximum Gasteiger partial charge on any atom is 0.255 e. The topological polar surface area (TPSA) is 55.6 Å². The van der Waals surface area contributed by atoms with E-state index in [-0.39, 0.29) is 19.7 Å². The van der Waals surface area contributed by atoms with Crippen LogP contribution in [-0.2, 0) is 9.53 Å². The molecule has 0 aliphatic rings. The Balaban J connectivity index is 4.16. The molecule has 0 aliphatic heterocycles. The maximum atomic E-state index is 12.2. The molecule has 0 fully saturated rings. The van der Waals surface area contributed by atoms with Gasteiger partial charge in [-0.05, 0) is 20.8 Å². The number of nitrogens with zero attached hydrogens (tertiary/aromatic N) is 1. The van der Waals surface area contributed by atoms with Crippen LogP contribution in [-0.4, -0.2) is 49.1 Å². The van der Waals surface area contributed by atoms with E-state index < -0.39 is 24.5 Å². The fourth-order valence-electron chi connectivity index (χ4n) is 1.01. The molecule has 0 aliphatic carbocycles. The van der Waals surface area contributed by atoms with E-state index >= 15 is 0 Å². The van der Waals surface area contributed by atoms with E-state index in [1.54, 1.807) is 20.8 Å². The van der Waals surface area contributed by atoms with Gasteiger partial charge in [0, 0.05) is 13.1 Å². The van der Waals surface area contributed by atoms with Gasteiger partial charge in [-0.15, -0.1) is 0 Å². The number of amides is 1. The van der Waals surface area contributed by atoms with Gasteiger partial charge < -0.3 is 15.4 Å². The summed E-state index contributed by atoms with van der Waals surface area (Å²) < 4.78 is 29.6. The number of ether oxygens (including phenoxy) is 1. The summed E-state index contributed by atoms with van der Waals surface area (Å²) in [4.78, 5) is 12.6. The van der Waals surface area contributed by atoms with Crippen molar-refractivity contribution < 1.29 is 18.3 Å². The third kappa shape index (κ3) is 7.53. The zero-order chi connectivity index (χ0) is 12.8. The van der Waals surface area contributed by atoms with Gasteiger partial charge >= 0.3 is 0 Å². The van der Waals surface area contributed by atoms with Crippen molar-refractivity contribution in [3.8, 4) is 0 Å². The Morgan fingerprint density at radius 3 is 2.38 bits per heavy atom. The second-order valence-electron chi connectivity index (χ2n) is 4.42. The van der Waals surface area contributed by atoms with Crippen molar-refractivity contribution in [1.82, 2.24) is 4.90 Å². The summed E-state index contributed by atoms with van der Waals surface area (Å²) in [6.07, 6.45) is -2.55. The SMILES string of the molecule is CC(C)(C)OCC(=O)N(CCN)CC(F)F. The first-order chi connectivity index (χ1) is 7.26. The Labute approximate surface area is 94.7 Å². The van der Waals surface area contributed by atoms with Gasteiger partial charge in [0.2, 0.25) is 5.91 Å². The molecule has 0 rings (SSSR count). The molecule has 0 unspecified atom stereocenters. The van der Waals surface area contributed by atoms with Crippen molar-refractivity contribution >= 4 is 5.91 Å². The average molecular weight is 238 g/mol. The summed E-state index contributed by atoms with van der Waals surface area (Å²) in [5, 5.41) is 0. The van der Waals surface area contributed by atoms with Crippen LogP contribution >= 0.6 is 0 Å². The molecule has 0 spiro atoms. The van der Waals surface area contributed by atoms with Crippen LogP contribution in [0.25, 0.3) is 0 Å². The Hall–Kier alpha value is -0.750. The lowest BCUT2D eigenvalue weighted by atomic mass is 10.2. The lowest BCUT2D eigenvalue weighted by molar-refractivity contribution is -0.142. The molecule has 0 heterocycles. The molecule has 0 aromatic heterocycles. The molecule has 96 valence electrons. The van der Waals surface area contributed by atoms with Gasteiger partial charge in [-0.2, -0.15) is 0 Å². The number of rotatable bonds is 6. The third-order valence-electron chi connectivity index (χ3n) is 1.74. The summed E-state index contributed by atoms with van der Waals surface area (Å²) >= 11 is 0. The van der Waals surface area contributed by atoms with Crippen molar-refractivity contribution in [2.45, 2.75) is 32.8 Å². The molecule has 0 saturated carbocycles. The van der Waals surface area contributed by atoms with Crippen LogP contribution < -0.4 is 5.73 Å². The van der Waals surface area contributed by atoms with Crippen LogP contribution in [0, 0.1) is 0 Å². The molecule has 4 nitrogen and oxygen atoms in total. The second-order valence-corrected chi connectivity index (χ2v) is 4.42. The zero-order valence-electron chi connectivity index (χ0n) is 10.0. The summed E-state index contributed by atoms with van der Waals surface area (Å²) in [5.41, 5.74) is 4.78. The normalized spacial score (nSPS) is 11.9. The van der Waals surface area contributed by atoms with Gasteiger partial charge in [-0.1, -0.05) is 0 Å². The number of nitrogens with two attached hydrogens (primary N) is 1. The number of carbonyl (C=O) groups is 1. The van der Waals surface area contributed by atoms with E-state index in [9.17, 15) is 13.6 Å². The highest BCUT2D eigenvalue weighted by atomic mass is 19.3. The van der Waals surface area contributed by atoms with Crippen molar-refractivity contribution in [2.24, 2.45) is 5.73 Å². The Kier molecular flexibility index (Phi) is 6.43. The summed E-state index contributed by atoms with van der Waals surface area (Å²) in [6.45, 7) is 4.87. The minimum atomic E-state index is -2.55. The van der Waals surface area contributed by atoms with Crippen LogP contribution in [0.5, 0.6) is 0 Å². The average Bonchev–Trinajstić information content (AvgIpc) is 2.11. The van der Waals surface area contributed by atoms with Crippen LogP contribution in [0.15, 0.2) is 0 Å². The number of carbonyl (C=O) groups excluding carboxylic acids is 1. The van der Waals surface area contributed by atoms with Gasteiger partial charge in [0.05, 0.1) is 12.1 Å². The molecule has 0 aromatic rings. The predicted molar refractivity (Wildman–Crippen MR) is 57.3 cm³/mol. The van der Waals surface area contributed by atoms with E-state index in [1.165, 1.54) is 0 Å². The van der Waals surface area contributed by atoms with Crippen LogP contribution in [0.4, 0.5) is 8.78 Å². The summed E-state index contributed by atoms with van der Waals surface area (Å²) in [7, 11) is 0. The van der Waals surface area contributed by atoms with Gasteiger partial charge in [0.25, 0.3) is 6.43 Å².